The van der Waals surface area contributed by atoms with E-state index in [0.29, 0.717) is 17.7 Å². The highest BCUT2D eigenvalue weighted by Gasteiger charge is 2.27. The van der Waals surface area contributed by atoms with Gasteiger partial charge in [-0.05, 0) is 31.9 Å². The van der Waals surface area contributed by atoms with Gasteiger partial charge in [-0.1, -0.05) is 17.7 Å². The molecule has 1 saturated heterocycles. The minimum absolute atomic E-state index is 0.160. The van der Waals surface area contributed by atoms with Gasteiger partial charge in [0.1, 0.15) is 0 Å². The van der Waals surface area contributed by atoms with E-state index in [1.54, 1.807) is 26.0 Å². The average Bonchev–Trinajstić information content (AvgIpc) is 2.97. The van der Waals surface area contributed by atoms with Crippen molar-refractivity contribution in [3.63, 3.8) is 0 Å². The van der Waals surface area contributed by atoms with Crippen LogP contribution in [0.2, 0.25) is 0 Å². The molecule has 148 valence electrons. The van der Waals surface area contributed by atoms with E-state index in [9.17, 15) is 22.8 Å². The van der Waals surface area contributed by atoms with E-state index >= 15 is 0 Å². The molecule has 1 aromatic rings. The van der Waals surface area contributed by atoms with Gasteiger partial charge in [0.05, 0.1) is 11.3 Å². The van der Waals surface area contributed by atoms with E-state index in [0.717, 1.165) is 10.5 Å². The molecule has 0 saturated carbocycles. The lowest BCUT2D eigenvalue weighted by molar-refractivity contribution is -0.150. The first kappa shape index (κ1) is 20.8. The van der Waals surface area contributed by atoms with Crippen LogP contribution in [0.25, 0.3) is 0 Å². The quantitative estimate of drug-likeness (QED) is 0.641. The Hall–Kier alpha value is -2.46. The fourth-order valence-corrected chi connectivity index (χ4v) is 4.43. The van der Waals surface area contributed by atoms with Gasteiger partial charge in [-0.15, -0.1) is 0 Å². The SMILES string of the molecule is Cc1cc(C)c(S(=O)(=O)NCCC(=O)OCC(=O)N2CCNC2=O)c(C)c1. The molecule has 3 amide bonds. The third-order valence-corrected chi connectivity index (χ3v) is 5.77. The summed E-state index contributed by atoms with van der Waals surface area (Å²) in [7, 11) is -3.77. The lowest BCUT2D eigenvalue weighted by Crippen LogP contribution is -2.37. The van der Waals surface area contributed by atoms with Crippen LogP contribution in [0.4, 0.5) is 4.79 Å². The molecule has 1 fully saturated rings. The topological polar surface area (TPSA) is 122 Å². The molecular weight excluding hydrogens is 374 g/mol. The van der Waals surface area contributed by atoms with E-state index in [4.69, 9.17) is 4.74 Å². The molecule has 2 N–H and O–H groups in total. The number of aryl methyl sites for hydroxylation is 3. The van der Waals surface area contributed by atoms with Crippen LogP contribution in [-0.2, 0) is 24.3 Å². The maximum absolute atomic E-state index is 12.5. The number of carbonyl (C=O) groups excluding carboxylic acids is 3. The molecule has 2 rings (SSSR count). The Bertz CT molecular complexity index is 842. The summed E-state index contributed by atoms with van der Waals surface area (Å²) >= 11 is 0. The summed E-state index contributed by atoms with van der Waals surface area (Å²) in [6, 6.07) is 3.03. The Morgan fingerprint density at radius 2 is 1.85 bits per heavy atom. The minimum atomic E-state index is -3.77. The maximum Gasteiger partial charge on any atom is 0.324 e. The van der Waals surface area contributed by atoms with Gasteiger partial charge < -0.3 is 10.1 Å². The van der Waals surface area contributed by atoms with Gasteiger partial charge in [0.25, 0.3) is 5.91 Å². The number of hydrogen-bond donors (Lipinski definition) is 2. The second-order valence-corrected chi connectivity index (χ2v) is 8.02. The van der Waals surface area contributed by atoms with Crippen LogP contribution < -0.4 is 10.0 Å². The highest BCUT2D eigenvalue weighted by Crippen LogP contribution is 2.21. The highest BCUT2D eigenvalue weighted by atomic mass is 32.2. The van der Waals surface area contributed by atoms with Crippen LogP contribution in [0, 0.1) is 20.8 Å². The summed E-state index contributed by atoms with van der Waals surface area (Å²) in [5.41, 5.74) is 2.21. The molecule has 0 aliphatic carbocycles. The lowest BCUT2D eigenvalue weighted by Gasteiger charge is -2.13. The molecule has 1 aliphatic rings. The molecule has 1 aromatic carbocycles. The first-order valence-corrected chi connectivity index (χ1v) is 9.91. The standard InChI is InChI=1S/C17H23N3O6S/c1-11-8-12(2)16(13(3)9-11)27(24,25)19-5-4-15(22)26-10-14(21)20-7-6-18-17(20)23/h8-9,19H,4-7,10H2,1-3H3,(H,18,23). The minimum Gasteiger partial charge on any atom is -0.456 e. The summed E-state index contributed by atoms with van der Waals surface area (Å²) < 4.78 is 32.1. The Kier molecular flexibility index (Phi) is 6.55. The summed E-state index contributed by atoms with van der Waals surface area (Å²) in [4.78, 5) is 36.0. The van der Waals surface area contributed by atoms with E-state index in [1.165, 1.54) is 0 Å². The van der Waals surface area contributed by atoms with Gasteiger partial charge >= 0.3 is 12.0 Å². The van der Waals surface area contributed by atoms with Crippen molar-refractivity contribution in [3.05, 3.63) is 28.8 Å². The molecule has 0 spiro atoms. The second kappa shape index (κ2) is 8.49. The monoisotopic (exact) mass is 397 g/mol. The van der Waals surface area contributed by atoms with Gasteiger partial charge in [-0.2, -0.15) is 0 Å². The molecule has 10 heteroatoms. The predicted molar refractivity (Wildman–Crippen MR) is 96.5 cm³/mol. The van der Waals surface area contributed by atoms with Crippen LogP contribution in [0.5, 0.6) is 0 Å². The first-order valence-electron chi connectivity index (χ1n) is 8.43. The van der Waals surface area contributed by atoms with Gasteiger partial charge in [-0.3, -0.25) is 14.5 Å². The number of benzene rings is 1. The third kappa shape index (κ3) is 5.27. The molecule has 9 nitrogen and oxygen atoms in total. The summed E-state index contributed by atoms with van der Waals surface area (Å²) in [6.45, 7) is 5.17. The normalized spacial score (nSPS) is 14.2. The van der Waals surface area contributed by atoms with Crippen molar-refractivity contribution in [1.82, 2.24) is 14.9 Å². The van der Waals surface area contributed by atoms with Crippen molar-refractivity contribution in [2.45, 2.75) is 32.1 Å². The van der Waals surface area contributed by atoms with Crippen molar-refractivity contribution >= 4 is 27.9 Å². The first-order chi connectivity index (χ1) is 12.6. The molecule has 0 unspecified atom stereocenters. The molecule has 0 radical (unpaired) electrons. The number of sulfonamides is 1. The number of rotatable bonds is 7. The van der Waals surface area contributed by atoms with Crippen molar-refractivity contribution in [1.29, 1.82) is 0 Å². The smallest absolute Gasteiger partial charge is 0.324 e. The van der Waals surface area contributed by atoms with Crippen LogP contribution in [0.3, 0.4) is 0 Å². The molecule has 1 heterocycles. The number of nitrogens with zero attached hydrogens (tertiary/aromatic N) is 1. The number of amides is 3. The summed E-state index contributed by atoms with van der Waals surface area (Å²) in [5.74, 6) is -1.35. The van der Waals surface area contributed by atoms with Crippen molar-refractivity contribution in [3.8, 4) is 0 Å². The molecular formula is C17H23N3O6S. The molecule has 0 aromatic heterocycles. The van der Waals surface area contributed by atoms with Crippen LogP contribution in [0.15, 0.2) is 17.0 Å². The number of hydrogen-bond acceptors (Lipinski definition) is 6. The van der Waals surface area contributed by atoms with Crippen molar-refractivity contribution in [2.24, 2.45) is 0 Å². The van der Waals surface area contributed by atoms with Crippen LogP contribution in [-0.4, -0.2) is 57.5 Å². The number of urea groups is 1. The second-order valence-electron chi connectivity index (χ2n) is 6.31. The van der Waals surface area contributed by atoms with E-state index in [1.807, 2.05) is 6.92 Å². The van der Waals surface area contributed by atoms with E-state index in [2.05, 4.69) is 10.0 Å². The zero-order valence-corrected chi connectivity index (χ0v) is 16.3. The van der Waals surface area contributed by atoms with Crippen molar-refractivity contribution < 1.29 is 27.5 Å². The van der Waals surface area contributed by atoms with Gasteiger partial charge in [0.15, 0.2) is 6.61 Å². The fraction of sp³-hybridized carbons (Fsp3) is 0.471. The molecule has 0 bridgehead atoms. The van der Waals surface area contributed by atoms with E-state index in [-0.39, 0.29) is 24.4 Å². The number of imide groups is 1. The number of carbonyl (C=O) groups is 3. The summed E-state index contributed by atoms with van der Waals surface area (Å²) in [5, 5.41) is 2.47. The zero-order chi connectivity index (χ0) is 20.2. The van der Waals surface area contributed by atoms with Gasteiger partial charge in [0, 0.05) is 19.6 Å². The molecule has 1 aliphatic heterocycles. The van der Waals surface area contributed by atoms with Gasteiger partial charge in [-0.25, -0.2) is 17.9 Å². The Balaban J connectivity index is 1.84. The lowest BCUT2D eigenvalue weighted by atomic mass is 10.1. The largest absolute Gasteiger partial charge is 0.456 e. The fourth-order valence-electron chi connectivity index (χ4n) is 2.95. The van der Waals surface area contributed by atoms with E-state index < -0.39 is 34.5 Å². The van der Waals surface area contributed by atoms with Crippen molar-refractivity contribution in [2.75, 3.05) is 26.2 Å². The Morgan fingerprint density at radius 3 is 2.41 bits per heavy atom. The van der Waals surface area contributed by atoms with Gasteiger partial charge in [0.2, 0.25) is 10.0 Å². The highest BCUT2D eigenvalue weighted by molar-refractivity contribution is 7.89. The number of nitrogens with one attached hydrogen (secondary N) is 2. The van der Waals surface area contributed by atoms with Crippen LogP contribution >= 0.6 is 0 Å². The molecule has 0 atom stereocenters. The molecule has 27 heavy (non-hydrogen) atoms. The Labute approximate surface area is 158 Å². The maximum atomic E-state index is 12.5. The van der Waals surface area contributed by atoms with Crippen LogP contribution in [0.1, 0.15) is 23.1 Å². The zero-order valence-electron chi connectivity index (χ0n) is 15.5. The number of ether oxygens (including phenoxy) is 1. The number of esters is 1. The third-order valence-electron chi connectivity index (χ3n) is 4.01. The predicted octanol–water partition coefficient (Wildman–Crippen LogP) is 0.375. The summed E-state index contributed by atoms with van der Waals surface area (Å²) in [6.07, 6.45) is -0.233. The average molecular weight is 397 g/mol. The Morgan fingerprint density at radius 1 is 1.22 bits per heavy atom.